The van der Waals surface area contributed by atoms with Crippen LogP contribution in [0.15, 0.2) is 0 Å². The number of rotatable bonds is 0. The van der Waals surface area contributed by atoms with Crippen molar-refractivity contribution in [2.24, 2.45) is 11.5 Å². The van der Waals surface area contributed by atoms with E-state index in [1.807, 2.05) is 0 Å². The van der Waals surface area contributed by atoms with Gasteiger partial charge in [0.25, 0.3) is 0 Å². The molecular weight excluding hydrogens is 100 g/mol. The third kappa shape index (κ3) is 1.46. The second-order valence-corrected chi connectivity index (χ2v) is 1.33. The van der Waals surface area contributed by atoms with E-state index in [1.54, 1.807) is 0 Å². The highest BCUT2D eigenvalue weighted by atomic mass is 14.7. The molecule has 4 N–H and O–H groups in total. The Hall–Kier alpha value is -0.0800. The normalized spacial score (nSPS) is 102. The smallest absolute Gasteiger partial charge is 0.0463 e. The zero-order valence-corrected chi connectivity index (χ0v) is 4.15. The number of hydrogen-bond acceptors (Lipinski definition) is 2. The Labute approximate surface area is 64.3 Å². The molecule has 0 bridgehead atoms. The van der Waals surface area contributed by atoms with E-state index >= 15 is 0 Å². The maximum absolute atomic E-state index is 7.54. The van der Waals surface area contributed by atoms with Crippen molar-refractivity contribution >= 4 is 0 Å². The van der Waals surface area contributed by atoms with Crippen LogP contribution in [0, 0.1) is 0 Å². The van der Waals surface area contributed by atoms with E-state index in [9.17, 15) is 0 Å². The van der Waals surface area contributed by atoms with Gasteiger partial charge in [-0.2, -0.15) is 0 Å². The van der Waals surface area contributed by atoms with Crippen LogP contribution in [0.3, 0.4) is 0 Å². The molecule has 0 unspecified atom stereocenters. The van der Waals surface area contributed by atoms with Gasteiger partial charge in [0.1, 0.15) is 0 Å². The first kappa shape index (κ1) is 1.18. The lowest BCUT2D eigenvalue weighted by molar-refractivity contribution is 0.392. The maximum atomic E-state index is 7.54. The molecule has 0 spiro atoms. The van der Waals surface area contributed by atoms with Crippen molar-refractivity contribution in [1.29, 1.82) is 0 Å². The van der Waals surface area contributed by atoms with Crippen molar-refractivity contribution in [3.05, 3.63) is 0 Å². The molecule has 0 saturated heterocycles. The number of hydrogen-bond donors (Lipinski definition) is 2. The summed E-state index contributed by atoms with van der Waals surface area (Å²) in [7, 11) is 0. The Bertz CT molecular complexity index is 256. The Balaban J connectivity index is 3.72. The molecule has 0 radical (unpaired) electrons. The highest BCUT2D eigenvalue weighted by Crippen LogP contribution is 2.14. The summed E-state index contributed by atoms with van der Waals surface area (Å²) in [6.07, 6.45) is -13.5. The minimum atomic E-state index is -3.40. The third-order valence-corrected chi connectivity index (χ3v) is 0.664. The SMILES string of the molecule is [2H]C1([2H])C([2H])([2H])[C@]([2H])(N)C([2H])([2H])[C@@]([2H])(N)C1([2H])[2H]. The molecule has 1 saturated carbocycles. The Morgan fingerprint density at radius 3 is 2.38 bits per heavy atom. The zero-order valence-electron chi connectivity index (χ0n) is 14.2. The second-order valence-electron chi connectivity index (χ2n) is 1.33. The fourth-order valence-corrected chi connectivity index (χ4v) is 0.374. The first-order chi connectivity index (χ1) is 7.50. The highest BCUT2D eigenvalue weighted by molar-refractivity contribution is 4.76. The van der Waals surface area contributed by atoms with E-state index in [4.69, 9.17) is 25.2 Å². The maximum Gasteiger partial charge on any atom is 0.0463 e. The Morgan fingerprint density at radius 2 is 1.88 bits per heavy atom. The zero-order chi connectivity index (χ0) is 15.0. The molecule has 0 heterocycles. The van der Waals surface area contributed by atoms with Crippen molar-refractivity contribution < 1.29 is 13.7 Å². The van der Waals surface area contributed by atoms with E-state index < -0.39 is 37.5 Å². The molecule has 0 aromatic rings. The average Bonchev–Trinajstić information content (AvgIpc) is 2.14. The van der Waals surface area contributed by atoms with E-state index in [2.05, 4.69) is 0 Å². The van der Waals surface area contributed by atoms with Crippen LogP contribution in [0.4, 0.5) is 0 Å². The quantitative estimate of drug-likeness (QED) is 0.485. The van der Waals surface area contributed by atoms with Gasteiger partial charge in [-0.15, -0.1) is 0 Å². The fraction of sp³-hybridized carbons (Fsp3) is 1.00. The van der Waals surface area contributed by atoms with Crippen LogP contribution in [-0.2, 0) is 0 Å². The Morgan fingerprint density at radius 1 is 1.38 bits per heavy atom. The predicted octanol–water partition coefficient (Wildman–Crippen LogP) is 0.215. The van der Waals surface area contributed by atoms with Gasteiger partial charge in [0.05, 0.1) is 0 Å². The van der Waals surface area contributed by atoms with Crippen LogP contribution in [0.1, 0.15) is 39.2 Å². The first-order valence-corrected chi connectivity index (χ1v) is 2.08. The molecule has 1 rings (SSSR count). The van der Waals surface area contributed by atoms with Crippen LogP contribution in [0.5, 0.6) is 0 Å². The molecule has 2 atom stereocenters. The van der Waals surface area contributed by atoms with Gasteiger partial charge in [-0.3, -0.25) is 0 Å². The van der Waals surface area contributed by atoms with Crippen LogP contribution in [0.25, 0.3) is 0 Å². The first-order valence-electron chi connectivity index (χ1n) is 7.08. The molecule has 0 amide bonds. The molecule has 8 heavy (non-hydrogen) atoms. The van der Waals surface area contributed by atoms with Gasteiger partial charge in [0, 0.05) is 25.7 Å². The lowest BCUT2D eigenvalue weighted by Crippen LogP contribution is -2.35. The summed E-state index contributed by atoms with van der Waals surface area (Å²) in [6, 6.07) is -6.43. The monoisotopic (exact) mass is 124 g/mol. The average molecular weight is 124 g/mol. The summed E-state index contributed by atoms with van der Waals surface area (Å²) in [6.45, 7) is 0. The van der Waals surface area contributed by atoms with E-state index in [0.717, 1.165) is 0 Å². The van der Waals surface area contributed by atoms with Gasteiger partial charge < -0.3 is 11.5 Å². The minimum absolute atomic E-state index is 3.22. The molecular formula is C6H14N2. The van der Waals surface area contributed by atoms with Gasteiger partial charge in [-0.25, -0.2) is 0 Å². The summed E-state index contributed by atoms with van der Waals surface area (Å²) in [5.74, 6) is 0. The lowest BCUT2D eigenvalue weighted by atomic mass is 9.92. The Kier molecular flexibility index (Phi) is 0.364. The molecule has 0 aliphatic heterocycles. The van der Waals surface area contributed by atoms with Crippen LogP contribution < -0.4 is 11.5 Å². The molecule has 0 aromatic heterocycles. The summed E-state index contributed by atoms with van der Waals surface area (Å²) in [5.41, 5.74) is 10.4. The van der Waals surface area contributed by atoms with E-state index in [0.29, 0.717) is 0 Å². The van der Waals surface area contributed by atoms with E-state index in [-0.39, 0.29) is 0 Å². The van der Waals surface area contributed by atoms with Crippen molar-refractivity contribution in [1.82, 2.24) is 0 Å². The van der Waals surface area contributed by atoms with Crippen molar-refractivity contribution in [3.63, 3.8) is 0 Å². The van der Waals surface area contributed by atoms with Crippen molar-refractivity contribution in [3.8, 4) is 0 Å². The predicted molar refractivity (Wildman–Crippen MR) is 34.4 cm³/mol. The summed E-state index contributed by atoms with van der Waals surface area (Å²) in [4.78, 5) is 0. The molecule has 2 nitrogen and oxygen atoms in total. The molecule has 1 aliphatic rings. The molecule has 1 aliphatic carbocycles. The fourth-order valence-electron chi connectivity index (χ4n) is 0.374. The molecule has 48 valence electrons. The van der Waals surface area contributed by atoms with Crippen molar-refractivity contribution in [2.75, 3.05) is 0 Å². The van der Waals surface area contributed by atoms with Crippen LogP contribution in [0.2, 0.25) is 0 Å². The standard InChI is InChI=1S/C6H14N2/c7-5-2-1-3-6(8)4-5/h5-6H,1-4,7-8H2/t5-,6-/m0/s1/i1D2,2D2,3D2,4D2,5D,6D. The van der Waals surface area contributed by atoms with Crippen LogP contribution in [-0.4, -0.2) is 12.0 Å². The summed E-state index contributed by atoms with van der Waals surface area (Å²) >= 11 is 0. The van der Waals surface area contributed by atoms with E-state index in [1.165, 1.54) is 0 Å². The van der Waals surface area contributed by atoms with Gasteiger partial charge in [0.2, 0.25) is 0 Å². The molecule has 1 fully saturated rings. The second kappa shape index (κ2) is 2.46. The number of nitrogens with two attached hydrogens (primary N) is 2. The highest BCUT2D eigenvalue weighted by Gasteiger charge is 2.14. The summed E-state index contributed by atoms with van der Waals surface area (Å²) < 4.78 is 75.0. The third-order valence-electron chi connectivity index (χ3n) is 0.664. The summed E-state index contributed by atoms with van der Waals surface area (Å²) in [5, 5.41) is 0. The largest absolute Gasteiger partial charge is 0.328 e. The molecule has 0 aromatic carbocycles. The lowest BCUT2D eigenvalue weighted by Gasteiger charge is -2.22. The topological polar surface area (TPSA) is 52.0 Å². The van der Waals surface area contributed by atoms with Crippen molar-refractivity contribution in [2.45, 2.75) is 37.5 Å². The molecule has 2 heteroatoms. The van der Waals surface area contributed by atoms with Gasteiger partial charge in [-0.05, 0) is 19.1 Å². The van der Waals surface area contributed by atoms with Gasteiger partial charge in [0.15, 0.2) is 0 Å². The van der Waals surface area contributed by atoms with Gasteiger partial charge >= 0.3 is 0 Å². The minimum Gasteiger partial charge on any atom is -0.328 e. The van der Waals surface area contributed by atoms with Gasteiger partial charge in [-0.1, -0.05) is 6.37 Å². The van der Waals surface area contributed by atoms with Crippen LogP contribution >= 0.6 is 0 Å².